The number of benzene rings is 1. The van der Waals surface area contributed by atoms with Crippen molar-refractivity contribution < 1.29 is 9.47 Å². The fourth-order valence-corrected chi connectivity index (χ4v) is 3.43. The van der Waals surface area contributed by atoms with E-state index in [1.54, 1.807) is 0 Å². The summed E-state index contributed by atoms with van der Waals surface area (Å²) in [7, 11) is 6.10. The van der Waals surface area contributed by atoms with Gasteiger partial charge in [0.25, 0.3) is 0 Å². The van der Waals surface area contributed by atoms with E-state index in [9.17, 15) is 0 Å². The van der Waals surface area contributed by atoms with Crippen LogP contribution in [0.2, 0.25) is 0 Å². The van der Waals surface area contributed by atoms with Crippen LogP contribution in [0.3, 0.4) is 0 Å². The first-order chi connectivity index (χ1) is 13.6. The lowest BCUT2D eigenvalue weighted by Gasteiger charge is -2.31. The first-order valence-corrected chi connectivity index (χ1v) is 10.6. The molecular weight excluding hydrogens is 479 g/mol. The first-order valence-electron chi connectivity index (χ1n) is 10.6. The number of rotatable bonds is 10. The molecule has 6 nitrogen and oxygen atoms in total. The number of hydrogen-bond donors (Lipinski definition) is 1. The highest BCUT2D eigenvalue weighted by Crippen LogP contribution is 2.15. The molecule has 1 aromatic carbocycles. The molecule has 0 spiro atoms. The fraction of sp³-hybridized carbons (Fsp3) is 0.682. The maximum absolute atomic E-state index is 6.00. The quantitative estimate of drug-likeness (QED) is 0.292. The summed E-state index contributed by atoms with van der Waals surface area (Å²) in [6.45, 7) is 7.34. The summed E-state index contributed by atoms with van der Waals surface area (Å²) in [5, 5.41) is 3.44. The van der Waals surface area contributed by atoms with Gasteiger partial charge in [0.15, 0.2) is 5.96 Å². The van der Waals surface area contributed by atoms with E-state index in [1.165, 1.54) is 18.4 Å². The molecule has 7 heteroatoms. The number of halogens is 1. The van der Waals surface area contributed by atoms with E-state index >= 15 is 0 Å². The average molecular weight is 518 g/mol. The maximum Gasteiger partial charge on any atom is 0.193 e. The van der Waals surface area contributed by atoms with Crippen LogP contribution in [0.1, 0.15) is 38.2 Å². The van der Waals surface area contributed by atoms with Crippen molar-refractivity contribution in [3.8, 4) is 5.75 Å². The molecule has 2 rings (SSSR count). The van der Waals surface area contributed by atoms with Gasteiger partial charge in [-0.3, -0.25) is 9.89 Å². The molecule has 0 saturated carbocycles. The number of guanidine groups is 1. The van der Waals surface area contributed by atoms with Crippen molar-refractivity contribution in [3.05, 3.63) is 29.8 Å². The first kappa shape index (κ1) is 26.0. The Labute approximate surface area is 194 Å². The van der Waals surface area contributed by atoms with E-state index in [0.29, 0.717) is 12.6 Å². The summed E-state index contributed by atoms with van der Waals surface area (Å²) in [6, 6.07) is 8.93. The topological polar surface area (TPSA) is 49.3 Å². The minimum Gasteiger partial charge on any atom is -0.492 e. The number of hydrogen-bond acceptors (Lipinski definition) is 4. The van der Waals surface area contributed by atoms with Gasteiger partial charge in [0, 0.05) is 53.0 Å². The number of nitrogens with one attached hydrogen (secondary N) is 1. The van der Waals surface area contributed by atoms with Crippen LogP contribution < -0.4 is 10.1 Å². The van der Waals surface area contributed by atoms with Gasteiger partial charge in [0.2, 0.25) is 0 Å². The van der Waals surface area contributed by atoms with Gasteiger partial charge in [-0.15, -0.1) is 24.0 Å². The lowest BCUT2D eigenvalue weighted by atomic mass is 10.1. The molecule has 0 amide bonds. The number of aliphatic imine (C=N–C) groups is 1. The summed E-state index contributed by atoms with van der Waals surface area (Å²) >= 11 is 0. The van der Waals surface area contributed by atoms with Crippen LogP contribution in [0.15, 0.2) is 29.3 Å². The fourth-order valence-electron chi connectivity index (χ4n) is 3.43. The molecule has 0 radical (unpaired) electrons. The third-order valence-corrected chi connectivity index (χ3v) is 5.30. The third-order valence-electron chi connectivity index (χ3n) is 5.30. The van der Waals surface area contributed by atoms with E-state index in [4.69, 9.17) is 9.47 Å². The second kappa shape index (κ2) is 14.8. The van der Waals surface area contributed by atoms with Crippen LogP contribution >= 0.6 is 24.0 Å². The molecule has 1 N–H and O–H groups in total. The highest BCUT2D eigenvalue weighted by molar-refractivity contribution is 14.0. The molecule has 1 aliphatic heterocycles. The van der Waals surface area contributed by atoms with E-state index in [-0.39, 0.29) is 24.0 Å². The van der Waals surface area contributed by atoms with Gasteiger partial charge in [-0.1, -0.05) is 25.5 Å². The largest absolute Gasteiger partial charge is 0.492 e. The van der Waals surface area contributed by atoms with Gasteiger partial charge in [-0.05, 0) is 44.0 Å². The third kappa shape index (κ3) is 9.53. The Bertz CT molecular complexity index is 594. The summed E-state index contributed by atoms with van der Waals surface area (Å²) < 4.78 is 11.4. The monoisotopic (exact) mass is 518 g/mol. The Kier molecular flexibility index (Phi) is 13.3. The van der Waals surface area contributed by atoms with Crippen LogP contribution in [0.5, 0.6) is 5.75 Å². The Hall–Kier alpha value is -1.06. The van der Waals surface area contributed by atoms with Gasteiger partial charge in [0.05, 0.1) is 0 Å². The minimum absolute atomic E-state index is 0. The minimum atomic E-state index is 0. The van der Waals surface area contributed by atoms with Crippen LogP contribution in [0, 0.1) is 0 Å². The van der Waals surface area contributed by atoms with Gasteiger partial charge < -0.3 is 19.7 Å². The van der Waals surface area contributed by atoms with Crippen LogP contribution in [0.4, 0.5) is 0 Å². The van der Waals surface area contributed by atoms with Gasteiger partial charge in [0.1, 0.15) is 12.4 Å². The molecule has 1 aliphatic rings. The van der Waals surface area contributed by atoms with Gasteiger partial charge in [-0.25, -0.2) is 0 Å². The standard InChI is InChI=1S/C22H38N4O2.HI/c1-5-6-12-26(4)22(23-2)24-18-19-8-7-9-21(17-19)28-16-13-25(3)20-10-14-27-15-11-20;/h7-9,17,20H,5-6,10-16,18H2,1-4H3,(H,23,24);1H. The van der Waals surface area contributed by atoms with Crippen LogP contribution in [-0.4, -0.2) is 75.9 Å². The van der Waals surface area contributed by atoms with E-state index in [2.05, 4.69) is 59.3 Å². The number of likely N-dealkylation sites (N-methyl/N-ethyl adjacent to an activating group) is 1. The number of unbranched alkanes of at least 4 members (excludes halogenated alkanes) is 1. The summed E-state index contributed by atoms with van der Waals surface area (Å²) in [5.41, 5.74) is 1.19. The van der Waals surface area contributed by atoms with Crippen molar-refractivity contribution in [2.75, 3.05) is 54.1 Å². The van der Waals surface area contributed by atoms with Crippen molar-refractivity contribution in [1.82, 2.24) is 15.1 Å². The number of ether oxygens (including phenoxy) is 2. The molecule has 1 fully saturated rings. The second-order valence-corrected chi connectivity index (χ2v) is 7.50. The summed E-state index contributed by atoms with van der Waals surface area (Å²) in [6.07, 6.45) is 4.59. The van der Waals surface area contributed by atoms with Gasteiger partial charge in [-0.2, -0.15) is 0 Å². The van der Waals surface area contributed by atoms with Gasteiger partial charge >= 0.3 is 0 Å². The maximum atomic E-state index is 6.00. The van der Waals surface area contributed by atoms with Crippen molar-refractivity contribution in [2.24, 2.45) is 4.99 Å². The van der Waals surface area contributed by atoms with E-state index < -0.39 is 0 Å². The second-order valence-electron chi connectivity index (χ2n) is 7.50. The predicted molar refractivity (Wildman–Crippen MR) is 132 cm³/mol. The number of nitrogens with zero attached hydrogens (tertiary/aromatic N) is 3. The molecule has 1 aromatic rings. The van der Waals surface area contributed by atoms with Crippen LogP contribution in [0.25, 0.3) is 0 Å². The van der Waals surface area contributed by atoms with E-state index in [0.717, 1.165) is 57.4 Å². The lowest BCUT2D eigenvalue weighted by Crippen LogP contribution is -2.39. The Morgan fingerprint density at radius 2 is 2.00 bits per heavy atom. The Morgan fingerprint density at radius 3 is 2.69 bits per heavy atom. The van der Waals surface area contributed by atoms with E-state index in [1.807, 2.05) is 13.1 Å². The molecule has 0 aliphatic carbocycles. The lowest BCUT2D eigenvalue weighted by molar-refractivity contribution is 0.0392. The zero-order chi connectivity index (χ0) is 20.2. The zero-order valence-electron chi connectivity index (χ0n) is 18.5. The molecule has 166 valence electrons. The van der Waals surface area contributed by atoms with Crippen molar-refractivity contribution in [2.45, 2.75) is 45.2 Å². The molecule has 1 saturated heterocycles. The van der Waals surface area contributed by atoms with Crippen molar-refractivity contribution in [1.29, 1.82) is 0 Å². The van der Waals surface area contributed by atoms with Crippen molar-refractivity contribution >= 4 is 29.9 Å². The predicted octanol–water partition coefficient (Wildman–Crippen LogP) is 3.60. The average Bonchev–Trinajstić information content (AvgIpc) is 2.73. The molecule has 0 aromatic heterocycles. The molecule has 0 atom stereocenters. The SMILES string of the molecule is CCCCN(C)C(=NC)NCc1cccc(OCCN(C)C2CCOCC2)c1.I. The summed E-state index contributed by atoms with van der Waals surface area (Å²) in [5.74, 6) is 1.85. The smallest absolute Gasteiger partial charge is 0.193 e. The van der Waals surface area contributed by atoms with Crippen LogP contribution in [-0.2, 0) is 11.3 Å². The highest BCUT2D eigenvalue weighted by atomic mass is 127. The zero-order valence-corrected chi connectivity index (χ0v) is 20.9. The summed E-state index contributed by atoms with van der Waals surface area (Å²) in [4.78, 5) is 8.95. The highest BCUT2D eigenvalue weighted by Gasteiger charge is 2.17. The Morgan fingerprint density at radius 1 is 1.24 bits per heavy atom. The molecule has 29 heavy (non-hydrogen) atoms. The molecule has 0 unspecified atom stereocenters. The molecular formula is C22H39IN4O2. The Balaban J connectivity index is 0.00000420. The molecule has 1 heterocycles. The molecule has 0 bridgehead atoms. The normalized spacial score (nSPS) is 15.1. The van der Waals surface area contributed by atoms with Crippen molar-refractivity contribution in [3.63, 3.8) is 0 Å².